The third-order valence-corrected chi connectivity index (χ3v) is 2.89. The predicted molar refractivity (Wildman–Crippen MR) is 68.8 cm³/mol. The minimum absolute atomic E-state index is 0.249. The molecule has 2 N–H and O–H groups in total. The molecule has 1 atom stereocenters. The van der Waals surface area contributed by atoms with Gasteiger partial charge >= 0.3 is 0 Å². The summed E-state index contributed by atoms with van der Waals surface area (Å²) in [5, 5.41) is 4.37. The molecule has 0 aliphatic rings. The maximum Gasteiger partial charge on any atom is 0.138 e. The second-order valence-corrected chi connectivity index (χ2v) is 4.98. The highest BCUT2D eigenvalue weighted by atomic mass is 16.1. The van der Waals surface area contributed by atoms with Crippen molar-refractivity contribution in [3.05, 3.63) is 18.0 Å². The van der Waals surface area contributed by atoms with Crippen LogP contribution in [0.1, 0.15) is 45.3 Å². The van der Waals surface area contributed by atoms with Gasteiger partial charge in [0.25, 0.3) is 0 Å². The number of ketones is 1. The van der Waals surface area contributed by atoms with E-state index in [9.17, 15) is 4.79 Å². The minimum atomic E-state index is 0.249. The maximum atomic E-state index is 11.7. The van der Waals surface area contributed by atoms with Crippen molar-refractivity contribution >= 4 is 5.78 Å². The summed E-state index contributed by atoms with van der Waals surface area (Å²) in [5.74, 6) is 0.673. The molecule has 0 aliphatic carbocycles. The lowest BCUT2D eigenvalue weighted by Gasteiger charge is -2.06. The monoisotopic (exact) mass is 237 g/mol. The largest absolute Gasteiger partial charge is 0.330 e. The molecular formula is C13H23N3O. The van der Waals surface area contributed by atoms with Crippen molar-refractivity contribution in [2.24, 2.45) is 11.7 Å². The van der Waals surface area contributed by atoms with E-state index < -0.39 is 0 Å². The van der Waals surface area contributed by atoms with Crippen LogP contribution in [0.15, 0.2) is 12.3 Å². The Labute approximate surface area is 103 Å². The first kappa shape index (κ1) is 13.9. The lowest BCUT2D eigenvalue weighted by atomic mass is 10.0. The van der Waals surface area contributed by atoms with Gasteiger partial charge in [-0.05, 0) is 38.8 Å². The van der Waals surface area contributed by atoms with Crippen molar-refractivity contribution in [1.29, 1.82) is 0 Å². The van der Waals surface area contributed by atoms with E-state index in [4.69, 9.17) is 5.73 Å². The van der Waals surface area contributed by atoms with Crippen LogP contribution in [0.5, 0.6) is 0 Å². The van der Waals surface area contributed by atoms with Crippen LogP contribution in [-0.2, 0) is 11.2 Å². The number of Topliss-reactive ketones (excluding diaryl/α,β-unsaturated/α-hetero) is 1. The lowest BCUT2D eigenvalue weighted by Crippen LogP contribution is -2.13. The van der Waals surface area contributed by atoms with E-state index in [1.165, 1.54) is 0 Å². The van der Waals surface area contributed by atoms with Crippen molar-refractivity contribution in [3.8, 4) is 0 Å². The molecule has 1 rings (SSSR count). The van der Waals surface area contributed by atoms with Gasteiger partial charge in [0.2, 0.25) is 0 Å². The normalized spacial score (nSPS) is 13.0. The van der Waals surface area contributed by atoms with Crippen LogP contribution < -0.4 is 5.73 Å². The summed E-state index contributed by atoms with van der Waals surface area (Å²) in [7, 11) is 0. The molecule has 17 heavy (non-hydrogen) atoms. The van der Waals surface area contributed by atoms with Gasteiger partial charge in [-0.25, -0.2) is 0 Å². The van der Waals surface area contributed by atoms with Crippen LogP contribution in [0, 0.1) is 5.92 Å². The molecule has 0 saturated carbocycles. The third kappa shape index (κ3) is 4.69. The molecule has 0 bridgehead atoms. The van der Waals surface area contributed by atoms with Crippen LogP contribution in [0.2, 0.25) is 0 Å². The molecule has 96 valence electrons. The van der Waals surface area contributed by atoms with Gasteiger partial charge in [0.05, 0.1) is 12.1 Å². The average molecular weight is 237 g/mol. The molecule has 1 aromatic heterocycles. The predicted octanol–water partition coefficient (Wildman–Crippen LogP) is 1.95. The van der Waals surface area contributed by atoms with E-state index in [-0.39, 0.29) is 5.78 Å². The SMILES string of the molecule is CC(CN)CCC(=O)Cc1ccn(C(C)C)n1. The Balaban J connectivity index is 2.39. The molecule has 0 aliphatic heterocycles. The van der Waals surface area contributed by atoms with Gasteiger partial charge < -0.3 is 5.73 Å². The van der Waals surface area contributed by atoms with Gasteiger partial charge in [-0.1, -0.05) is 6.92 Å². The topological polar surface area (TPSA) is 60.9 Å². The van der Waals surface area contributed by atoms with Gasteiger partial charge in [0, 0.05) is 18.7 Å². The summed E-state index contributed by atoms with van der Waals surface area (Å²) in [6.45, 7) is 6.86. The minimum Gasteiger partial charge on any atom is -0.330 e. The molecule has 0 amide bonds. The Morgan fingerprint density at radius 1 is 1.47 bits per heavy atom. The van der Waals surface area contributed by atoms with Gasteiger partial charge in [-0.15, -0.1) is 0 Å². The number of aromatic nitrogens is 2. The molecule has 4 nitrogen and oxygen atoms in total. The van der Waals surface area contributed by atoms with Crippen molar-refractivity contribution in [2.45, 2.75) is 46.1 Å². The number of hydrogen-bond donors (Lipinski definition) is 1. The van der Waals surface area contributed by atoms with Gasteiger partial charge in [-0.3, -0.25) is 9.48 Å². The van der Waals surface area contributed by atoms with E-state index in [1.54, 1.807) is 0 Å². The highest BCUT2D eigenvalue weighted by Gasteiger charge is 2.09. The van der Waals surface area contributed by atoms with E-state index in [2.05, 4.69) is 25.9 Å². The van der Waals surface area contributed by atoms with Crippen LogP contribution in [-0.4, -0.2) is 22.1 Å². The molecular weight excluding hydrogens is 214 g/mol. The average Bonchev–Trinajstić information content (AvgIpc) is 2.74. The molecule has 1 unspecified atom stereocenters. The van der Waals surface area contributed by atoms with Gasteiger partial charge in [-0.2, -0.15) is 5.10 Å². The van der Waals surface area contributed by atoms with E-state index in [1.807, 2.05) is 16.9 Å². The van der Waals surface area contributed by atoms with E-state index in [0.717, 1.165) is 12.1 Å². The van der Waals surface area contributed by atoms with Crippen LogP contribution in [0.4, 0.5) is 0 Å². The fourth-order valence-electron chi connectivity index (χ4n) is 1.57. The zero-order chi connectivity index (χ0) is 12.8. The molecule has 4 heteroatoms. The number of nitrogens with zero attached hydrogens (tertiary/aromatic N) is 2. The van der Waals surface area contributed by atoms with Crippen molar-refractivity contribution in [1.82, 2.24) is 9.78 Å². The maximum absolute atomic E-state index is 11.7. The Hall–Kier alpha value is -1.16. The summed E-state index contributed by atoms with van der Waals surface area (Å²) < 4.78 is 1.88. The quantitative estimate of drug-likeness (QED) is 0.788. The van der Waals surface area contributed by atoms with Gasteiger partial charge in [0.1, 0.15) is 5.78 Å². The van der Waals surface area contributed by atoms with Crippen LogP contribution in [0.3, 0.4) is 0 Å². The second-order valence-electron chi connectivity index (χ2n) is 4.98. The Kier molecular flexibility index (Phi) is 5.35. The number of carbonyl (C=O) groups is 1. The lowest BCUT2D eigenvalue weighted by molar-refractivity contribution is -0.118. The van der Waals surface area contributed by atoms with E-state index in [0.29, 0.717) is 31.3 Å². The van der Waals surface area contributed by atoms with Crippen molar-refractivity contribution in [3.63, 3.8) is 0 Å². The first-order valence-electron chi connectivity index (χ1n) is 6.28. The van der Waals surface area contributed by atoms with Crippen LogP contribution in [0.25, 0.3) is 0 Å². The number of hydrogen-bond acceptors (Lipinski definition) is 3. The fourth-order valence-corrected chi connectivity index (χ4v) is 1.57. The zero-order valence-electron chi connectivity index (χ0n) is 11.0. The Bertz CT molecular complexity index is 357. The summed E-state index contributed by atoms with van der Waals surface area (Å²) in [6.07, 6.45) is 3.85. The first-order chi connectivity index (χ1) is 8.02. The van der Waals surface area contributed by atoms with Crippen molar-refractivity contribution in [2.75, 3.05) is 6.54 Å². The summed E-state index contributed by atoms with van der Waals surface area (Å²) in [6, 6.07) is 2.26. The number of rotatable bonds is 7. The standard InChI is InChI=1S/C13H23N3O/c1-10(2)16-7-6-12(15-16)8-13(17)5-4-11(3)9-14/h6-7,10-11H,4-5,8-9,14H2,1-3H3. The van der Waals surface area contributed by atoms with Gasteiger partial charge in [0.15, 0.2) is 0 Å². The number of nitrogens with two attached hydrogens (primary N) is 1. The zero-order valence-corrected chi connectivity index (χ0v) is 11.0. The summed E-state index contributed by atoms with van der Waals surface area (Å²) >= 11 is 0. The Morgan fingerprint density at radius 3 is 2.71 bits per heavy atom. The smallest absolute Gasteiger partial charge is 0.138 e. The third-order valence-electron chi connectivity index (χ3n) is 2.89. The molecule has 0 radical (unpaired) electrons. The molecule has 0 saturated heterocycles. The Morgan fingerprint density at radius 2 is 2.18 bits per heavy atom. The van der Waals surface area contributed by atoms with Crippen molar-refractivity contribution < 1.29 is 4.79 Å². The summed E-state index contributed by atoms with van der Waals surface area (Å²) in [5.41, 5.74) is 6.39. The molecule has 0 aromatic carbocycles. The molecule has 1 aromatic rings. The van der Waals surface area contributed by atoms with E-state index >= 15 is 0 Å². The molecule has 0 spiro atoms. The number of carbonyl (C=O) groups excluding carboxylic acids is 1. The molecule has 1 heterocycles. The fraction of sp³-hybridized carbons (Fsp3) is 0.692. The highest BCUT2D eigenvalue weighted by Crippen LogP contribution is 2.08. The summed E-state index contributed by atoms with van der Waals surface area (Å²) in [4.78, 5) is 11.7. The molecule has 0 fully saturated rings. The second kappa shape index (κ2) is 6.55. The highest BCUT2D eigenvalue weighted by molar-refractivity contribution is 5.80. The first-order valence-corrected chi connectivity index (χ1v) is 6.28. The van der Waals surface area contributed by atoms with Crippen LogP contribution >= 0.6 is 0 Å².